The Morgan fingerprint density at radius 1 is 1.10 bits per heavy atom. The van der Waals surface area contributed by atoms with Crippen molar-refractivity contribution in [2.45, 2.75) is 6.18 Å². The molecule has 0 saturated carbocycles. The van der Waals surface area contributed by atoms with Crippen LogP contribution in [-0.4, -0.2) is 16.9 Å². The fraction of sp³-hybridized carbons (Fsp3) is 0.0667. The SMILES string of the molecule is O=C(c1ccc(-c2cnc3ccccc3c2)s1)C(F)(F)F. The lowest BCUT2D eigenvalue weighted by atomic mass is 10.1. The van der Waals surface area contributed by atoms with Crippen molar-refractivity contribution in [3.05, 3.63) is 53.5 Å². The maximum absolute atomic E-state index is 12.4. The maximum Gasteiger partial charge on any atom is 0.455 e. The van der Waals surface area contributed by atoms with Gasteiger partial charge in [0.2, 0.25) is 0 Å². The first-order valence-electron chi connectivity index (χ1n) is 6.02. The first-order valence-corrected chi connectivity index (χ1v) is 6.83. The third kappa shape index (κ3) is 2.67. The summed E-state index contributed by atoms with van der Waals surface area (Å²) in [5.74, 6) is -1.81. The van der Waals surface area contributed by atoms with Crippen LogP contribution < -0.4 is 0 Å². The molecule has 0 amide bonds. The number of fused-ring (bicyclic) bond motifs is 1. The lowest BCUT2D eigenvalue weighted by molar-refractivity contribution is -0.0882. The van der Waals surface area contributed by atoms with E-state index in [0.717, 1.165) is 22.2 Å². The van der Waals surface area contributed by atoms with Gasteiger partial charge in [-0.25, -0.2) is 0 Å². The number of para-hydroxylation sites is 1. The Balaban J connectivity index is 2.00. The molecule has 0 N–H and O–H groups in total. The van der Waals surface area contributed by atoms with Crippen LogP contribution in [0, 0.1) is 0 Å². The van der Waals surface area contributed by atoms with Crippen molar-refractivity contribution in [2.24, 2.45) is 0 Å². The van der Waals surface area contributed by atoms with Crippen molar-refractivity contribution in [3.63, 3.8) is 0 Å². The predicted octanol–water partition coefficient (Wildman–Crippen LogP) is 4.71. The lowest BCUT2D eigenvalue weighted by Crippen LogP contribution is -2.21. The van der Waals surface area contributed by atoms with E-state index >= 15 is 0 Å². The van der Waals surface area contributed by atoms with E-state index in [1.807, 2.05) is 30.3 Å². The molecule has 0 saturated heterocycles. The summed E-state index contributed by atoms with van der Waals surface area (Å²) >= 11 is 0.820. The number of benzene rings is 1. The van der Waals surface area contributed by atoms with Gasteiger partial charge in [-0.1, -0.05) is 18.2 Å². The number of ketones is 1. The highest BCUT2D eigenvalue weighted by atomic mass is 32.1. The normalized spacial score (nSPS) is 11.8. The van der Waals surface area contributed by atoms with Crippen molar-refractivity contribution >= 4 is 28.0 Å². The van der Waals surface area contributed by atoms with E-state index in [9.17, 15) is 18.0 Å². The van der Waals surface area contributed by atoms with Crippen molar-refractivity contribution in [2.75, 3.05) is 0 Å². The minimum Gasteiger partial charge on any atom is -0.283 e. The zero-order valence-corrected chi connectivity index (χ0v) is 11.3. The van der Waals surface area contributed by atoms with Gasteiger partial charge in [-0.05, 0) is 24.3 Å². The molecule has 106 valence electrons. The number of nitrogens with zero attached hydrogens (tertiary/aromatic N) is 1. The quantitative estimate of drug-likeness (QED) is 0.642. The molecule has 3 rings (SSSR count). The highest BCUT2D eigenvalue weighted by Crippen LogP contribution is 2.32. The molecule has 21 heavy (non-hydrogen) atoms. The molecular weight excluding hydrogens is 299 g/mol. The summed E-state index contributed by atoms with van der Waals surface area (Å²) in [5, 5.41) is 0.895. The molecule has 2 heterocycles. The molecule has 0 aliphatic rings. The zero-order chi connectivity index (χ0) is 15.0. The molecule has 0 bridgehead atoms. The van der Waals surface area contributed by atoms with Crippen molar-refractivity contribution in [1.29, 1.82) is 0 Å². The van der Waals surface area contributed by atoms with Crippen LogP contribution in [0.1, 0.15) is 9.67 Å². The third-order valence-electron chi connectivity index (χ3n) is 2.96. The van der Waals surface area contributed by atoms with Gasteiger partial charge in [0.1, 0.15) is 0 Å². The number of halogens is 3. The molecule has 0 radical (unpaired) electrons. The highest BCUT2D eigenvalue weighted by Gasteiger charge is 2.40. The van der Waals surface area contributed by atoms with Crippen LogP contribution in [0.3, 0.4) is 0 Å². The van der Waals surface area contributed by atoms with Crippen molar-refractivity contribution in [3.8, 4) is 10.4 Å². The van der Waals surface area contributed by atoms with Gasteiger partial charge in [-0.3, -0.25) is 9.78 Å². The zero-order valence-electron chi connectivity index (χ0n) is 10.5. The fourth-order valence-electron chi connectivity index (χ4n) is 1.96. The van der Waals surface area contributed by atoms with Gasteiger partial charge in [-0.2, -0.15) is 13.2 Å². The summed E-state index contributed by atoms with van der Waals surface area (Å²) in [6, 6.07) is 12.0. The van der Waals surface area contributed by atoms with Crippen LogP contribution >= 0.6 is 11.3 Å². The molecule has 2 aromatic heterocycles. The Labute approximate surface area is 121 Å². The number of thiophene rings is 1. The third-order valence-corrected chi connectivity index (χ3v) is 4.10. The number of alkyl halides is 3. The second kappa shape index (κ2) is 4.96. The first-order chi connectivity index (χ1) is 9.95. The van der Waals surface area contributed by atoms with E-state index in [0.29, 0.717) is 10.4 Å². The van der Waals surface area contributed by atoms with Crippen molar-refractivity contribution < 1.29 is 18.0 Å². The van der Waals surface area contributed by atoms with Gasteiger partial charge in [-0.15, -0.1) is 11.3 Å². The molecule has 0 atom stereocenters. The standard InChI is InChI=1S/C15H8F3NOS/c16-15(17,18)14(20)13-6-5-12(21-13)10-7-9-3-1-2-4-11(9)19-8-10/h1-8H. The Kier molecular flexibility index (Phi) is 3.25. The monoisotopic (exact) mass is 307 g/mol. The number of aromatic nitrogens is 1. The lowest BCUT2D eigenvalue weighted by Gasteiger charge is -2.02. The largest absolute Gasteiger partial charge is 0.455 e. The van der Waals surface area contributed by atoms with Gasteiger partial charge in [0, 0.05) is 22.0 Å². The van der Waals surface area contributed by atoms with Crippen LogP contribution in [0.4, 0.5) is 13.2 Å². The number of hydrogen-bond donors (Lipinski definition) is 0. The second-order valence-electron chi connectivity index (χ2n) is 4.41. The average molecular weight is 307 g/mol. The second-order valence-corrected chi connectivity index (χ2v) is 5.49. The Morgan fingerprint density at radius 2 is 1.86 bits per heavy atom. The molecule has 0 unspecified atom stereocenters. The maximum atomic E-state index is 12.4. The summed E-state index contributed by atoms with van der Waals surface area (Å²) < 4.78 is 37.2. The number of carbonyl (C=O) groups excluding carboxylic acids is 1. The predicted molar refractivity (Wildman–Crippen MR) is 75.4 cm³/mol. The van der Waals surface area contributed by atoms with Crippen LogP contribution in [-0.2, 0) is 0 Å². The summed E-state index contributed by atoms with van der Waals surface area (Å²) in [4.78, 5) is 15.7. The van der Waals surface area contributed by atoms with E-state index in [2.05, 4.69) is 4.98 Å². The summed E-state index contributed by atoms with van der Waals surface area (Å²) in [6.07, 6.45) is -3.25. The minimum atomic E-state index is -4.84. The molecule has 2 nitrogen and oxygen atoms in total. The van der Waals surface area contributed by atoms with Gasteiger partial charge in [0.15, 0.2) is 0 Å². The van der Waals surface area contributed by atoms with Gasteiger partial charge < -0.3 is 0 Å². The number of carbonyl (C=O) groups is 1. The molecule has 0 aliphatic heterocycles. The van der Waals surface area contributed by atoms with Crippen LogP contribution in [0.2, 0.25) is 0 Å². The summed E-state index contributed by atoms with van der Waals surface area (Å²) in [6.45, 7) is 0. The van der Waals surface area contributed by atoms with E-state index in [4.69, 9.17) is 0 Å². The Hall–Kier alpha value is -2.21. The van der Waals surface area contributed by atoms with E-state index < -0.39 is 12.0 Å². The molecular formula is C15H8F3NOS. The van der Waals surface area contributed by atoms with Crippen LogP contribution in [0.5, 0.6) is 0 Å². The summed E-state index contributed by atoms with van der Waals surface area (Å²) in [5.41, 5.74) is 1.50. The number of Topliss-reactive ketones (excluding diaryl/α,β-unsaturated/α-hetero) is 1. The average Bonchev–Trinajstić information content (AvgIpc) is 2.94. The van der Waals surface area contributed by atoms with E-state index in [1.165, 1.54) is 12.1 Å². The summed E-state index contributed by atoms with van der Waals surface area (Å²) in [7, 11) is 0. The molecule has 0 spiro atoms. The smallest absolute Gasteiger partial charge is 0.283 e. The van der Waals surface area contributed by atoms with Gasteiger partial charge >= 0.3 is 6.18 Å². The molecule has 1 aromatic carbocycles. The number of pyridine rings is 1. The molecule has 0 aliphatic carbocycles. The Bertz CT molecular complexity index is 823. The topological polar surface area (TPSA) is 30.0 Å². The molecule has 6 heteroatoms. The van der Waals surface area contributed by atoms with Crippen LogP contribution in [0.15, 0.2) is 48.7 Å². The minimum absolute atomic E-state index is 0.314. The molecule has 0 fully saturated rings. The fourth-order valence-corrected chi connectivity index (χ4v) is 2.91. The Morgan fingerprint density at radius 3 is 2.62 bits per heavy atom. The number of hydrogen-bond acceptors (Lipinski definition) is 3. The van der Waals surface area contributed by atoms with E-state index in [1.54, 1.807) is 6.20 Å². The van der Waals surface area contributed by atoms with Crippen molar-refractivity contribution in [1.82, 2.24) is 4.98 Å². The molecule has 3 aromatic rings. The highest BCUT2D eigenvalue weighted by molar-refractivity contribution is 7.17. The number of rotatable bonds is 2. The van der Waals surface area contributed by atoms with Gasteiger partial charge in [0.05, 0.1) is 10.4 Å². The first kappa shape index (κ1) is 13.8. The van der Waals surface area contributed by atoms with Gasteiger partial charge in [0.25, 0.3) is 5.78 Å². The van der Waals surface area contributed by atoms with Crippen LogP contribution in [0.25, 0.3) is 21.3 Å². The van der Waals surface area contributed by atoms with E-state index in [-0.39, 0.29) is 4.88 Å².